The van der Waals surface area contributed by atoms with Gasteiger partial charge >= 0.3 is 5.97 Å². The summed E-state index contributed by atoms with van der Waals surface area (Å²) in [7, 11) is 0. The molecule has 2 spiro atoms. The molecule has 0 radical (unpaired) electrons. The third-order valence-electron chi connectivity index (χ3n) is 16.5. The van der Waals surface area contributed by atoms with Crippen molar-refractivity contribution in [2.45, 2.75) is 180 Å². The zero-order valence-corrected chi connectivity index (χ0v) is 30.6. The summed E-state index contributed by atoms with van der Waals surface area (Å²) in [6.07, 6.45) is 0.102. The van der Waals surface area contributed by atoms with E-state index in [0.29, 0.717) is 18.3 Å². The van der Waals surface area contributed by atoms with E-state index in [2.05, 4.69) is 55.4 Å². The molecule has 3 aliphatic heterocycles. The number of aliphatic hydroxyl groups is 5. The standard InChI is InChI=1S/C38H62O10/c1-20(10-14-35(9,44)31(2,3)4)21-11-15-36-30(43)48-37(17-16-33(21,36)7)34(8)13-12-24(32(5,6)23(34)18-25-38(36,37)47-25)46-29-28(42)27(41)26(40)22(19-39)45-29/h20-29,39-42,44H,10-19H2,1-9H3/t20-,21-,22-,23+,24+,25-,26+,27+,28-,29+,33-,34+,35-,36+,37+,38+/m1/s1. The Morgan fingerprint density at radius 1 is 0.938 bits per heavy atom. The Kier molecular flexibility index (Phi) is 7.86. The first kappa shape index (κ1) is 35.5. The Labute approximate surface area is 286 Å². The maximum Gasteiger partial charge on any atom is 0.316 e. The molecule has 7 aliphatic rings. The molecule has 0 aromatic heterocycles. The normalized spacial score (nSPS) is 53.9. The van der Waals surface area contributed by atoms with Crippen molar-refractivity contribution in [2.24, 2.45) is 44.8 Å². The number of hydrogen-bond donors (Lipinski definition) is 5. The number of aliphatic hydroxyl groups excluding tert-OH is 4. The van der Waals surface area contributed by atoms with Crippen LogP contribution < -0.4 is 0 Å². The highest BCUT2D eigenvalue weighted by molar-refractivity contribution is 5.87. The number of carbonyl (C=O) groups is 1. The van der Waals surface area contributed by atoms with Crippen LogP contribution in [0.3, 0.4) is 0 Å². The average Bonchev–Trinajstić information content (AvgIpc) is 3.60. The molecule has 0 aromatic rings. The van der Waals surface area contributed by atoms with Gasteiger partial charge < -0.3 is 44.5 Å². The fourth-order valence-electron chi connectivity index (χ4n) is 13.0. The van der Waals surface area contributed by atoms with Crippen LogP contribution in [0.25, 0.3) is 0 Å². The van der Waals surface area contributed by atoms with Crippen molar-refractivity contribution in [3.63, 3.8) is 0 Å². The molecule has 4 saturated carbocycles. The van der Waals surface area contributed by atoms with E-state index in [1.165, 1.54) is 0 Å². The summed E-state index contributed by atoms with van der Waals surface area (Å²) in [4.78, 5) is 14.7. The summed E-state index contributed by atoms with van der Waals surface area (Å²) in [5.74, 6) is 0.692. The van der Waals surface area contributed by atoms with Gasteiger partial charge in [-0.3, -0.25) is 4.79 Å². The van der Waals surface area contributed by atoms with Gasteiger partial charge in [0.2, 0.25) is 0 Å². The van der Waals surface area contributed by atoms with Crippen molar-refractivity contribution in [2.75, 3.05) is 6.61 Å². The van der Waals surface area contributed by atoms with Gasteiger partial charge in [-0.2, -0.15) is 0 Å². The molecule has 5 N–H and O–H groups in total. The quantitative estimate of drug-likeness (QED) is 0.152. The molecule has 7 fully saturated rings. The Bertz CT molecular complexity index is 1310. The van der Waals surface area contributed by atoms with Crippen molar-refractivity contribution in [1.82, 2.24) is 0 Å². The van der Waals surface area contributed by atoms with Crippen LogP contribution >= 0.6 is 0 Å². The third-order valence-corrected chi connectivity index (χ3v) is 16.5. The number of esters is 1. The highest BCUT2D eigenvalue weighted by Crippen LogP contribution is 2.87. The van der Waals surface area contributed by atoms with Gasteiger partial charge in [0.25, 0.3) is 0 Å². The summed E-state index contributed by atoms with van der Waals surface area (Å²) in [5, 5.41) is 52.5. The minimum atomic E-state index is -1.50. The molecule has 0 amide bonds. The lowest BCUT2D eigenvalue weighted by Gasteiger charge is -2.65. The number of rotatable bonds is 7. The van der Waals surface area contributed by atoms with Crippen LogP contribution in [-0.4, -0.2) is 97.8 Å². The minimum absolute atomic E-state index is 0.0687. The molecular formula is C38H62O10. The Hall–Kier alpha value is -0.850. The van der Waals surface area contributed by atoms with Gasteiger partial charge in [-0.15, -0.1) is 0 Å². The highest BCUT2D eigenvalue weighted by atomic mass is 16.7. The topological polar surface area (TPSA) is 158 Å². The van der Waals surface area contributed by atoms with E-state index in [0.717, 1.165) is 51.4 Å². The van der Waals surface area contributed by atoms with E-state index in [1.807, 2.05) is 6.92 Å². The lowest BCUT2D eigenvalue weighted by molar-refractivity contribution is -0.331. The molecule has 7 rings (SSSR count). The summed E-state index contributed by atoms with van der Waals surface area (Å²) < 4.78 is 26.1. The fourth-order valence-corrected chi connectivity index (χ4v) is 13.0. The molecule has 10 nitrogen and oxygen atoms in total. The summed E-state index contributed by atoms with van der Waals surface area (Å²) in [5.41, 5.74) is -4.11. The second-order valence-electron chi connectivity index (χ2n) is 19.5. The highest BCUT2D eigenvalue weighted by Gasteiger charge is 2.97. The molecule has 3 heterocycles. The van der Waals surface area contributed by atoms with Gasteiger partial charge in [0.05, 0.1) is 24.4 Å². The van der Waals surface area contributed by atoms with Crippen LogP contribution in [0.15, 0.2) is 0 Å². The zero-order valence-electron chi connectivity index (χ0n) is 30.6. The van der Waals surface area contributed by atoms with Crippen LogP contribution in [0.5, 0.6) is 0 Å². The smallest absolute Gasteiger partial charge is 0.316 e. The van der Waals surface area contributed by atoms with Crippen LogP contribution in [-0.2, 0) is 23.7 Å². The lowest BCUT2D eigenvalue weighted by Crippen LogP contribution is -2.73. The molecule has 274 valence electrons. The first-order chi connectivity index (χ1) is 22.1. The molecule has 10 heteroatoms. The zero-order chi connectivity index (χ0) is 35.3. The van der Waals surface area contributed by atoms with Crippen molar-refractivity contribution in [3.05, 3.63) is 0 Å². The fraction of sp³-hybridized carbons (Fsp3) is 0.974. The molecule has 16 atom stereocenters. The lowest BCUT2D eigenvalue weighted by atomic mass is 9.36. The van der Waals surface area contributed by atoms with E-state index < -0.39 is 64.9 Å². The molecule has 3 saturated heterocycles. The van der Waals surface area contributed by atoms with Crippen molar-refractivity contribution in [1.29, 1.82) is 0 Å². The number of fused-ring (bicyclic) bond motifs is 1. The van der Waals surface area contributed by atoms with Crippen LogP contribution in [0.1, 0.15) is 120 Å². The Balaban J connectivity index is 1.16. The Morgan fingerprint density at radius 2 is 1.62 bits per heavy atom. The minimum Gasteiger partial charge on any atom is -0.455 e. The van der Waals surface area contributed by atoms with Gasteiger partial charge in [0.15, 0.2) is 17.5 Å². The van der Waals surface area contributed by atoms with Gasteiger partial charge in [-0.1, -0.05) is 55.4 Å². The number of hydrogen-bond acceptors (Lipinski definition) is 10. The maximum atomic E-state index is 14.7. The molecule has 4 aliphatic carbocycles. The number of ether oxygens (including phenoxy) is 4. The molecule has 2 bridgehead atoms. The van der Waals surface area contributed by atoms with Gasteiger partial charge in [-0.05, 0) is 98.7 Å². The van der Waals surface area contributed by atoms with Gasteiger partial charge in [0.1, 0.15) is 29.8 Å². The number of epoxide rings is 1. The first-order valence-corrected chi connectivity index (χ1v) is 18.7. The van der Waals surface area contributed by atoms with E-state index in [-0.39, 0.29) is 40.3 Å². The molecular weight excluding hydrogens is 616 g/mol. The summed E-state index contributed by atoms with van der Waals surface area (Å²) >= 11 is 0. The first-order valence-electron chi connectivity index (χ1n) is 18.7. The Morgan fingerprint density at radius 3 is 2.27 bits per heavy atom. The predicted octanol–water partition coefficient (Wildman–Crippen LogP) is 3.86. The van der Waals surface area contributed by atoms with Crippen LogP contribution in [0.2, 0.25) is 0 Å². The number of carbonyl (C=O) groups excluding carboxylic acids is 1. The summed E-state index contributed by atoms with van der Waals surface area (Å²) in [6.45, 7) is 19.0. The van der Waals surface area contributed by atoms with Crippen LogP contribution in [0, 0.1) is 44.8 Å². The van der Waals surface area contributed by atoms with E-state index in [1.54, 1.807) is 0 Å². The van der Waals surface area contributed by atoms with E-state index >= 15 is 0 Å². The van der Waals surface area contributed by atoms with Crippen molar-refractivity contribution < 1.29 is 49.3 Å². The molecule has 48 heavy (non-hydrogen) atoms. The van der Waals surface area contributed by atoms with Gasteiger partial charge in [-0.25, -0.2) is 0 Å². The van der Waals surface area contributed by atoms with E-state index in [4.69, 9.17) is 18.9 Å². The molecule has 0 unspecified atom stereocenters. The predicted molar refractivity (Wildman–Crippen MR) is 175 cm³/mol. The van der Waals surface area contributed by atoms with Gasteiger partial charge in [0, 0.05) is 5.41 Å². The van der Waals surface area contributed by atoms with Crippen LogP contribution in [0.4, 0.5) is 0 Å². The van der Waals surface area contributed by atoms with Crippen molar-refractivity contribution >= 4 is 5.97 Å². The second-order valence-corrected chi connectivity index (χ2v) is 19.5. The SMILES string of the molecule is C[C@H](CC[C@@](C)(O)C(C)(C)C)[C@H]1CC[C@]23C(=O)O[C@]4(CC[C@]12C)[C@@]31O[C@@H]1C[C@H]1C(C)(C)[C@@H](O[C@@H]2O[C@H](CO)[C@H](O)[C@H](O)[C@H]2O)CC[C@@]14C. The molecule has 0 aromatic carbocycles. The van der Waals surface area contributed by atoms with E-state index in [9.17, 15) is 30.3 Å². The maximum absolute atomic E-state index is 14.7. The third kappa shape index (κ3) is 4.06. The monoisotopic (exact) mass is 678 g/mol. The van der Waals surface area contributed by atoms with Crippen molar-refractivity contribution in [3.8, 4) is 0 Å². The second kappa shape index (κ2) is 10.6. The summed E-state index contributed by atoms with van der Waals surface area (Å²) in [6, 6.07) is 0. The largest absolute Gasteiger partial charge is 0.455 e. The average molecular weight is 679 g/mol.